The van der Waals surface area contributed by atoms with Crippen LogP contribution in [0.4, 0.5) is 0 Å². The minimum absolute atomic E-state index is 0.686. The lowest BCUT2D eigenvalue weighted by atomic mass is 10.1. The van der Waals surface area contributed by atoms with Crippen LogP contribution in [-0.2, 0) is 6.54 Å². The molecule has 3 rings (SSSR count). The Balaban J connectivity index is 1.53. The molecule has 0 heterocycles. The Bertz CT molecular complexity index is 714. The second-order valence-electron chi connectivity index (χ2n) is 6.61. The van der Waals surface area contributed by atoms with Gasteiger partial charge in [0.25, 0.3) is 0 Å². The lowest BCUT2D eigenvalue weighted by molar-refractivity contribution is 0.396. The first-order chi connectivity index (χ1) is 12.2. The third-order valence-corrected chi connectivity index (χ3v) is 4.85. The Hall–Kier alpha value is -2.49. The van der Waals surface area contributed by atoms with Crippen LogP contribution >= 0.6 is 0 Å². The van der Waals surface area contributed by atoms with Crippen LogP contribution in [0.5, 0.6) is 5.75 Å². The molecular formula is C21H27N3O. The van der Waals surface area contributed by atoms with Crippen LogP contribution in [0.3, 0.4) is 0 Å². The molecule has 1 aliphatic rings. The molecule has 1 saturated carbocycles. The molecule has 4 heteroatoms. The lowest BCUT2D eigenvalue weighted by Gasteiger charge is -2.23. The summed E-state index contributed by atoms with van der Waals surface area (Å²) in [6.07, 6.45) is 1.25. The molecule has 0 bridgehead atoms. The van der Waals surface area contributed by atoms with Gasteiger partial charge in [0.1, 0.15) is 5.75 Å². The lowest BCUT2D eigenvalue weighted by Crippen LogP contribution is -2.39. The Morgan fingerprint density at radius 2 is 1.88 bits per heavy atom. The van der Waals surface area contributed by atoms with E-state index < -0.39 is 0 Å². The monoisotopic (exact) mass is 337 g/mol. The second-order valence-corrected chi connectivity index (χ2v) is 6.61. The molecule has 2 aromatic carbocycles. The molecule has 4 nitrogen and oxygen atoms in total. The van der Waals surface area contributed by atoms with Crippen LogP contribution in [0.25, 0.3) is 0 Å². The summed E-state index contributed by atoms with van der Waals surface area (Å²) in [4.78, 5) is 6.56. The van der Waals surface area contributed by atoms with E-state index in [2.05, 4.69) is 58.7 Å². The largest absolute Gasteiger partial charge is 0.496 e. The van der Waals surface area contributed by atoms with Crippen molar-refractivity contribution in [1.29, 1.82) is 0 Å². The Labute approximate surface area is 150 Å². The van der Waals surface area contributed by atoms with Crippen LogP contribution in [-0.4, -0.2) is 38.6 Å². The van der Waals surface area contributed by atoms with E-state index in [9.17, 15) is 0 Å². The molecule has 1 fully saturated rings. The summed E-state index contributed by atoms with van der Waals surface area (Å²) in [5, 5.41) is 3.52. The minimum atomic E-state index is 0.686. The molecular weight excluding hydrogens is 310 g/mol. The van der Waals surface area contributed by atoms with Gasteiger partial charge in [-0.2, -0.15) is 0 Å². The van der Waals surface area contributed by atoms with Gasteiger partial charge in [0, 0.05) is 32.7 Å². The Kier molecular flexibility index (Phi) is 5.59. The molecule has 2 aromatic rings. The van der Waals surface area contributed by atoms with Crippen LogP contribution in [0.15, 0.2) is 59.6 Å². The van der Waals surface area contributed by atoms with E-state index in [1.165, 1.54) is 12.0 Å². The normalized spacial score (nSPS) is 19.4. The molecule has 1 N–H and O–H groups in total. The zero-order valence-electron chi connectivity index (χ0n) is 15.3. The van der Waals surface area contributed by atoms with E-state index >= 15 is 0 Å². The third kappa shape index (κ3) is 4.32. The molecule has 25 heavy (non-hydrogen) atoms. The zero-order valence-corrected chi connectivity index (χ0v) is 15.3. The SMILES string of the molecule is CN=C(NCC1CC1c1ccccc1)N(C)Cc1ccccc1OC. The van der Waals surface area contributed by atoms with Crippen LogP contribution in [0.1, 0.15) is 23.5 Å². The summed E-state index contributed by atoms with van der Waals surface area (Å²) in [6, 6.07) is 18.9. The highest BCUT2D eigenvalue weighted by Gasteiger charge is 2.37. The first-order valence-corrected chi connectivity index (χ1v) is 8.81. The fourth-order valence-corrected chi connectivity index (χ4v) is 3.35. The van der Waals surface area contributed by atoms with Gasteiger partial charge in [-0.3, -0.25) is 4.99 Å². The quantitative estimate of drug-likeness (QED) is 0.647. The second kappa shape index (κ2) is 8.06. The van der Waals surface area contributed by atoms with Gasteiger partial charge in [-0.1, -0.05) is 48.5 Å². The molecule has 0 spiro atoms. The molecule has 2 unspecified atom stereocenters. The van der Waals surface area contributed by atoms with Gasteiger partial charge in [-0.25, -0.2) is 0 Å². The van der Waals surface area contributed by atoms with Gasteiger partial charge in [0.05, 0.1) is 7.11 Å². The smallest absolute Gasteiger partial charge is 0.193 e. The summed E-state index contributed by atoms with van der Waals surface area (Å²) >= 11 is 0. The number of hydrogen-bond donors (Lipinski definition) is 1. The number of benzene rings is 2. The number of para-hydroxylation sites is 1. The van der Waals surface area contributed by atoms with Crippen molar-refractivity contribution >= 4 is 5.96 Å². The molecule has 0 radical (unpaired) electrons. The summed E-state index contributed by atoms with van der Waals surface area (Å²) in [5.74, 6) is 3.21. The number of rotatable bonds is 6. The van der Waals surface area contributed by atoms with Gasteiger partial charge >= 0.3 is 0 Å². The minimum Gasteiger partial charge on any atom is -0.496 e. The number of aliphatic imine (C=N–C) groups is 1. The van der Waals surface area contributed by atoms with Gasteiger partial charge < -0.3 is 15.0 Å². The maximum absolute atomic E-state index is 5.44. The summed E-state index contributed by atoms with van der Waals surface area (Å²) in [6.45, 7) is 1.72. The van der Waals surface area contributed by atoms with Gasteiger partial charge in [-0.15, -0.1) is 0 Å². The van der Waals surface area contributed by atoms with Crippen LogP contribution in [0.2, 0.25) is 0 Å². The predicted molar refractivity (Wildman–Crippen MR) is 103 cm³/mol. The molecule has 0 amide bonds. The highest BCUT2D eigenvalue weighted by Crippen LogP contribution is 2.46. The summed E-state index contributed by atoms with van der Waals surface area (Å²) in [5.41, 5.74) is 2.61. The van der Waals surface area contributed by atoms with E-state index in [0.29, 0.717) is 11.8 Å². The number of nitrogens with zero attached hydrogens (tertiary/aromatic N) is 2. The van der Waals surface area contributed by atoms with E-state index in [4.69, 9.17) is 4.74 Å². The molecule has 0 aliphatic heterocycles. The molecule has 2 atom stereocenters. The van der Waals surface area contributed by atoms with Crippen molar-refractivity contribution in [3.63, 3.8) is 0 Å². The first kappa shape index (κ1) is 17.3. The van der Waals surface area contributed by atoms with Crippen molar-refractivity contribution in [1.82, 2.24) is 10.2 Å². The van der Waals surface area contributed by atoms with Gasteiger partial charge in [-0.05, 0) is 29.9 Å². The highest BCUT2D eigenvalue weighted by molar-refractivity contribution is 5.79. The Morgan fingerprint density at radius 1 is 1.16 bits per heavy atom. The molecule has 132 valence electrons. The van der Waals surface area contributed by atoms with Crippen LogP contribution in [0, 0.1) is 5.92 Å². The number of hydrogen-bond acceptors (Lipinski definition) is 2. The Morgan fingerprint density at radius 3 is 2.60 bits per heavy atom. The molecule has 0 aromatic heterocycles. The number of methoxy groups -OCH3 is 1. The van der Waals surface area contributed by atoms with Crippen molar-refractivity contribution in [2.24, 2.45) is 10.9 Å². The fourth-order valence-electron chi connectivity index (χ4n) is 3.35. The first-order valence-electron chi connectivity index (χ1n) is 8.81. The topological polar surface area (TPSA) is 36.9 Å². The standard InChI is InChI=1S/C21H27N3O/c1-22-21(24(2)15-17-11-7-8-12-20(17)25-3)23-14-18-13-19(18)16-9-5-4-6-10-16/h4-12,18-19H,13-15H2,1-3H3,(H,22,23). The number of ether oxygens (including phenoxy) is 1. The fraction of sp³-hybridized carbons (Fsp3) is 0.381. The number of nitrogens with one attached hydrogen (secondary N) is 1. The van der Waals surface area contributed by atoms with Gasteiger partial charge in [0.2, 0.25) is 0 Å². The van der Waals surface area contributed by atoms with Crippen molar-refractivity contribution < 1.29 is 4.74 Å². The van der Waals surface area contributed by atoms with Crippen molar-refractivity contribution in [2.75, 3.05) is 27.7 Å². The zero-order chi connectivity index (χ0) is 17.6. The van der Waals surface area contributed by atoms with Gasteiger partial charge in [0.15, 0.2) is 5.96 Å². The van der Waals surface area contributed by atoms with Crippen molar-refractivity contribution in [2.45, 2.75) is 18.9 Å². The van der Waals surface area contributed by atoms with E-state index in [1.54, 1.807) is 7.11 Å². The van der Waals surface area contributed by atoms with Crippen molar-refractivity contribution in [3.8, 4) is 5.75 Å². The molecule has 0 saturated heterocycles. The summed E-state index contributed by atoms with van der Waals surface area (Å²) in [7, 11) is 5.61. The predicted octanol–water partition coefficient (Wildman–Crippen LogP) is 3.51. The van der Waals surface area contributed by atoms with E-state index in [1.807, 2.05) is 25.2 Å². The van der Waals surface area contributed by atoms with Crippen LogP contribution < -0.4 is 10.1 Å². The van der Waals surface area contributed by atoms with Crippen molar-refractivity contribution in [3.05, 3.63) is 65.7 Å². The number of guanidine groups is 1. The van der Waals surface area contributed by atoms with E-state index in [-0.39, 0.29) is 0 Å². The summed E-state index contributed by atoms with van der Waals surface area (Å²) < 4.78 is 5.44. The average Bonchev–Trinajstić information content (AvgIpc) is 3.43. The maximum Gasteiger partial charge on any atom is 0.193 e. The molecule has 1 aliphatic carbocycles. The highest BCUT2D eigenvalue weighted by atomic mass is 16.5. The maximum atomic E-state index is 5.44. The third-order valence-electron chi connectivity index (χ3n) is 4.85. The average molecular weight is 337 g/mol. The van der Waals surface area contributed by atoms with E-state index in [0.717, 1.165) is 30.4 Å².